The quantitative estimate of drug-likeness (QED) is 0.300. The van der Waals surface area contributed by atoms with E-state index in [0.717, 1.165) is 49.5 Å². The summed E-state index contributed by atoms with van der Waals surface area (Å²) in [5, 5.41) is 0. The van der Waals surface area contributed by atoms with Gasteiger partial charge in [-0.2, -0.15) is 0 Å². The van der Waals surface area contributed by atoms with Crippen molar-refractivity contribution < 1.29 is 14.2 Å². The van der Waals surface area contributed by atoms with E-state index in [1.807, 2.05) is 6.92 Å². The Morgan fingerprint density at radius 3 is 1.83 bits per heavy atom. The van der Waals surface area contributed by atoms with Gasteiger partial charge < -0.3 is 19.9 Å². The van der Waals surface area contributed by atoms with E-state index in [0.29, 0.717) is 0 Å². The summed E-state index contributed by atoms with van der Waals surface area (Å²) in [7, 11) is 3.48. The molecule has 0 heterocycles. The highest BCUT2D eigenvalue weighted by Crippen LogP contribution is 2.31. The second-order valence-corrected chi connectivity index (χ2v) is 8.20. The minimum absolute atomic E-state index is 0.105. The number of methoxy groups -OCH3 is 2. The third kappa shape index (κ3) is 11.5. The Bertz CT molecular complexity index is 531. The van der Waals surface area contributed by atoms with Crippen LogP contribution in [0.25, 0.3) is 0 Å². The van der Waals surface area contributed by atoms with E-state index in [4.69, 9.17) is 19.9 Å². The Morgan fingerprint density at radius 1 is 0.759 bits per heavy atom. The molecular weight excluding hydrogens is 362 g/mol. The highest BCUT2D eigenvalue weighted by Gasteiger charge is 2.12. The molecule has 0 saturated carbocycles. The highest BCUT2D eigenvalue weighted by molar-refractivity contribution is 5.47. The molecular formula is C25H45NO3. The minimum atomic E-state index is 0.105. The van der Waals surface area contributed by atoms with E-state index < -0.39 is 0 Å². The summed E-state index contributed by atoms with van der Waals surface area (Å²) in [5.41, 5.74) is 8.33. The summed E-state index contributed by atoms with van der Waals surface area (Å²) in [4.78, 5) is 0. The molecule has 1 atom stereocenters. The summed E-state index contributed by atoms with van der Waals surface area (Å²) in [6, 6.07) is 4.35. The lowest BCUT2D eigenvalue weighted by Crippen LogP contribution is -2.18. The first-order chi connectivity index (χ1) is 14.1. The third-order valence-electron chi connectivity index (χ3n) is 5.31. The number of hydrogen-bond donors (Lipinski definition) is 1. The number of nitrogens with two attached hydrogens (primary N) is 1. The van der Waals surface area contributed by atoms with Crippen molar-refractivity contribution in [2.45, 2.75) is 96.9 Å². The fourth-order valence-corrected chi connectivity index (χ4v) is 3.73. The van der Waals surface area contributed by atoms with Crippen molar-refractivity contribution in [3.8, 4) is 11.5 Å². The SMILES string of the molecule is CCCOCCCCCCCCCCCc1cc(OC)c(CC(C)N)cc1OC. The summed E-state index contributed by atoms with van der Waals surface area (Å²) in [5.74, 6) is 1.89. The van der Waals surface area contributed by atoms with Gasteiger partial charge in [-0.1, -0.05) is 51.9 Å². The van der Waals surface area contributed by atoms with Gasteiger partial charge in [0.2, 0.25) is 0 Å². The number of unbranched alkanes of at least 4 members (excludes halogenated alkanes) is 8. The summed E-state index contributed by atoms with van der Waals surface area (Å²) >= 11 is 0. The molecule has 0 amide bonds. The molecule has 0 aromatic heterocycles. The maximum Gasteiger partial charge on any atom is 0.122 e. The molecule has 0 radical (unpaired) electrons. The zero-order valence-electron chi connectivity index (χ0n) is 19.4. The van der Waals surface area contributed by atoms with Crippen LogP contribution in [0.1, 0.15) is 89.2 Å². The third-order valence-corrected chi connectivity index (χ3v) is 5.31. The van der Waals surface area contributed by atoms with Crippen LogP contribution >= 0.6 is 0 Å². The van der Waals surface area contributed by atoms with Gasteiger partial charge >= 0.3 is 0 Å². The Morgan fingerprint density at radius 2 is 1.28 bits per heavy atom. The fraction of sp³-hybridized carbons (Fsp3) is 0.760. The van der Waals surface area contributed by atoms with Crippen molar-refractivity contribution in [2.75, 3.05) is 27.4 Å². The molecule has 0 aliphatic heterocycles. The minimum Gasteiger partial charge on any atom is -0.496 e. The van der Waals surface area contributed by atoms with Crippen LogP contribution < -0.4 is 15.2 Å². The molecule has 0 aliphatic rings. The molecule has 1 rings (SSSR count). The van der Waals surface area contributed by atoms with Crippen molar-refractivity contribution in [2.24, 2.45) is 5.73 Å². The zero-order chi connectivity index (χ0) is 21.3. The number of aryl methyl sites for hydroxylation is 1. The molecule has 1 unspecified atom stereocenters. The van der Waals surface area contributed by atoms with Crippen LogP contribution in [0.15, 0.2) is 12.1 Å². The van der Waals surface area contributed by atoms with Crippen LogP contribution in [0.5, 0.6) is 11.5 Å². The van der Waals surface area contributed by atoms with E-state index in [1.54, 1.807) is 14.2 Å². The average Bonchev–Trinajstić information content (AvgIpc) is 2.71. The Hall–Kier alpha value is -1.26. The van der Waals surface area contributed by atoms with Crippen molar-refractivity contribution in [1.82, 2.24) is 0 Å². The first kappa shape index (κ1) is 25.8. The van der Waals surface area contributed by atoms with Gasteiger partial charge in [-0.15, -0.1) is 0 Å². The van der Waals surface area contributed by atoms with E-state index in [-0.39, 0.29) is 6.04 Å². The number of benzene rings is 1. The van der Waals surface area contributed by atoms with Gasteiger partial charge in [-0.05, 0) is 62.3 Å². The van der Waals surface area contributed by atoms with Crippen molar-refractivity contribution in [3.05, 3.63) is 23.3 Å². The van der Waals surface area contributed by atoms with Crippen LogP contribution in [-0.2, 0) is 17.6 Å². The van der Waals surface area contributed by atoms with E-state index in [9.17, 15) is 0 Å². The van der Waals surface area contributed by atoms with Crippen LogP contribution in [-0.4, -0.2) is 33.5 Å². The predicted molar refractivity (Wildman–Crippen MR) is 123 cm³/mol. The molecule has 0 spiro atoms. The van der Waals surface area contributed by atoms with Gasteiger partial charge in [-0.3, -0.25) is 0 Å². The van der Waals surface area contributed by atoms with Gasteiger partial charge in [0, 0.05) is 19.3 Å². The molecule has 0 fully saturated rings. The molecule has 4 heteroatoms. The lowest BCUT2D eigenvalue weighted by molar-refractivity contribution is 0.130. The highest BCUT2D eigenvalue weighted by atomic mass is 16.5. The van der Waals surface area contributed by atoms with Gasteiger partial charge in [0.1, 0.15) is 11.5 Å². The molecule has 0 saturated heterocycles. The summed E-state index contributed by atoms with van der Waals surface area (Å²) in [6.45, 7) is 6.03. The van der Waals surface area contributed by atoms with Crippen LogP contribution in [0.3, 0.4) is 0 Å². The largest absolute Gasteiger partial charge is 0.496 e. The lowest BCUT2D eigenvalue weighted by Gasteiger charge is -2.16. The molecule has 0 bridgehead atoms. The van der Waals surface area contributed by atoms with Gasteiger partial charge in [-0.25, -0.2) is 0 Å². The first-order valence-electron chi connectivity index (χ1n) is 11.7. The van der Waals surface area contributed by atoms with Crippen molar-refractivity contribution in [1.29, 1.82) is 0 Å². The van der Waals surface area contributed by atoms with Crippen LogP contribution in [0.4, 0.5) is 0 Å². The first-order valence-corrected chi connectivity index (χ1v) is 11.7. The number of ether oxygens (including phenoxy) is 3. The molecule has 1 aromatic rings. The monoisotopic (exact) mass is 407 g/mol. The fourth-order valence-electron chi connectivity index (χ4n) is 3.73. The smallest absolute Gasteiger partial charge is 0.122 e. The van der Waals surface area contributed by atoms with Gasteiger partial charge in [0.15, 0.2) is 0 Å². The van der Waals surface area contributed by atoms with E-state index in [2.05, 4.69) is 19.1 Å². The second-order valence-electron chi connectivity index (χ2n) is 8.20. The van der Waals surface area contributed by atoms with Crippen LogP contribution in [0, 0.1) is 0 Å². The number of rotatable bonds is 18. The molecule has 0 aliphatic carbocycles. The van der Waals surface area contributed by atoms with Crippen molar-refractivity contribution >= 4 is 0 Å². The number of hydrogen-bond acceptors (Lipinski definition) is 4. The second kappa shape index (κ2) is 16.5. The molecule has 1 aromatic carbocycles. The standard InChI is InChI=1S/C25H45NO3/c1-5-16-29-17-14-12-10-8-6-7-9-11-13-15-22-19-25(28-4)23(18-21(2)26)20-24(22)27-3/h19-21H,5-18,26H2,1-4H3. The van der Waals surface area contributed by atoms with Gasteiger partial charge in [0.05, 0.1) is 14.2 Å². The molecule has 4 nitrogen and oxygen atoms in total. The van der Waals surface area contributed by atoms with E-state index in [1.165, 1.54) is 63.4 Å². The normalized spacial score (nSPS) is 12.2. The Labute approximate surface area is 179 Å². The predicted octanol–water partition coefficient (Wildman–Crippen LogP) is 6.07. The van der Waals surface area contributed by atoms with Crippen LogP contribution in [0.2, 0.25) is 0 Å². The Kier molecular flexibility index (Phi) is 14.7. The molecule has 168 valence electrons. The maximum absolute atomic E-state index is 5.97. The van der Waals surface area contributed by atoms with E-state index >= 15 is 0 Å². The summed E-state index contributed by atoms with van der Waals surface area (Å²) < 4.78 is 16.7. The average molecular weight is 408 g/mol. The van der Waals surface area contributed by atoms with Crippen molar-refractivity contribution in [3.63, 3.8) is 0 Å². The molecule has 29 heavy (non-hydrogen) atoms. The zero-order valence-corrected chi connectivity index (χ0v) is 19.4. The topological polar surface area (TPSA) is 53.7 Å². The van der Waals surface area contributed by atoms with Gasteiger partial charge in [0.25, 0.3) is 0 Å². The Balaban J connectivity index is 2.21. The molecule has 2 N–H and O–H groups in total. The lowest BCUT2D eigenvalue weighted by atomic mass is 9.99. The maximum atomic E-state index is 5.97. The summed E-state index contributed by atoms with van der Waals surface area (Å²) in [6.07, 6.45) is 14.7.